The van der Waals surface area contributed by atoms with Crippen molar-refractivity contribution < 1.29 is 9.90 Å². The second-order valence-electron chi connectivity index (χ2n) is 5.06. The van der Waals surface area contributed by atoms with Gasteiger partial charge in [0, 0.05) is 11.1 Å². The Kier molecular flexibility index (Phi) is 4.83. The number of hydrogen-bond donors (Lipinski definition) is 1. The van der Waals surface area contributed by atoms with Crippen LogP contribution in [0.3, 0.4) is 0 Å². The largest absolute Gasteiger partial charge is 0.480 e. The van der Waals surface area contributed by atoms with E-state index in [4.69, 9.17) is 11.6 Å². The molecule has 2 rings (SSSR count). The zero-order valence-corrected chi connectivity index (χ0v) is 11.9. The molecule has 3 nitrogen and oxygen atoms in total. The van der Waals surface area contributed by atoms with Gasteiger partial charge in [0.2, 0.25) is 0 Å². The monoisotopic (exact) mass is 281 g/mol. The fourth-order valence-electron chi connectivity index (χ4n) is 2.95. The fraction of sp³-hybridized carbons (Fsp3) is 0.533. The SMILES string of the molecule is CCC1CCCCN1C(C(=O)O)c1ccccc1Cl. The standard InChI is InChI=1S/C15H20ClNO2/c1-2-11-7-5-6-10-17(11)14(15(18)19)12-8-3-4-9-13(12)16/h3-4,8-9,11,14H,2,5-7,10H2,1H3,(H,18,19). The van der Waals surface area contributed by atoms with Crippen LogP contribution in [0.25, 0.3) is 0 Å². The number of benzene rings is 1. The maximum absolute atomic E-state index is 11.7. The van der Waals surface area contributed by atoms with Gasteiger partial charge >= 0.3 is 5.97 Å². The number of carbonyl (C=O) groups is 1. The van der Waals surface area contributed by atoms with Crippen molar-refractivity contribution in [2.24, 2.45) is 0 Å². The summed E-state index contributed by atoms with van der Waals surface area (Å²) in [6.45, 7) is 2.95. The van der Waals surface area contributed by atoms with Crippen molar-refractivity contribution in [3.63, 3.8) is 0 Å². The summed E-state index contributed by atoms with van der Waals surface area (Å²) < 4.78 is 0. The second-order valence-corrected chi connectivity index (χ2v) is 5.47. The van der Waals surface area contributed by atoms with E-state index in [-0.39, 0.29) is 0 Å². The van der Waals surface area contributed by atoms with E-state index in [0.717, 1.165) is 25.8 Å². The van der Waals surface area contributed by atoms with Crippen LogP contribution in [0.15, 0.2) is 24.3 Å². The smallest absolute Gasteiger partial charge is 0.325 e. The molecule has 19 heavy (non-hydrogen) atoms. The summed E-state index contributed by atoms with van der Waals surface area (Å²) >= 11 is 6.18. The van der Waals surface area contributed by atoms with Gasteiger partial charge in [-0.05, 0) is 37.4 Å². The van der Waals surface area contributed by atoms with E-state index in [1.54, 1.807) is 6.07 Å². The first-order chi connectivity index (χ1) is 9.15. The van der Waals surface area contributed by atoms with Gasteiger partial charge in [0.05, 0.1) is 0 Å². The van der Waals surface area contributed by atoms with Crippen molar-refractivity contribution in [3.05, 3.63) is 34.9 Å². The van der Waals surface area contributed by atoms with Crippen molar-refractivity contribution >= 4 is 17.6 Å². The summed E-state index contributed by atoms with van der Waals surface area (Å²) in [6.07, 6.45) is 4.30. The molecule has 4 heteroatoms. The first kappa shape index (κ1) is 14.4. The van der Waals surface area contributed by atoms with Crippen molar-refractivity contribution in [2.45, 2.75) is 44.7 Å². The molecule has 1 saturated heterocycles. The number of rotatable bonds is 4. The number of halogens is 1. The zero-order valence-electron chi connectivity index (χ0n) is 11.2. The van der Waals surface area contributed by atoms with E-state index in [2.05, 4.69) is 11.8 Å². The van der Waals surface area contributed by atoms with Crippen molar-refractivity contribution in [3.8, 4) is 0 Å². The number of nitrogens with zero attached hydrogens (tertiary/aromatic N) is 1. The van der Waals surface area contributed by atoms with Crippen LogP contribution in [0.2, 0.25) is 5.02 Å². The summed E-state index contributed by atoms with van der Waals surface area (Å²) in [7, 11) is 0. The average molecular weight is 282 g/mol. The number of piperidine rings is 1. The van der Waals surface area contributed by atoms with Gasteiger partial charge in [-0.15, -0.1) is 0 Å². The minimum atomic E-state index is -0.812. The van der Waals surface area contributed by atoms with Gasteiger partial charge in [-0.3, -0.25) is 9.69 Å². The fourth-order valence-corrected chi connectivity index (χ4v) is 3.19. The molecule has 0 amide bonds. The molecule has 1 aromatic rings. The van der Waals surface area contributed by atoms with Crippen molar-refractivity contribution in [2.75, 3.05) is 6.54 Å². The molecule has 0 aromatic heterocycles. The van der Waals surface area contributed by atoms with E-state index in [1.807, 2.05) is 18.2 Å². The van der Waals surface area contributed by atoms with Gasteiger partial charge < -0.3 is 5.11 Å². The molecule has 1 fully saturated rings. The topological polar surface area (TPSA) is 40.5 Å². The predicted molar refractivity (Wildman–Crippen MR) is 76.5 cm³/mol. The quantitative estimate of drug-likeness (QED) is 0.914. The molecule has 0 bridgehead atoms. The molecule has 2 atom stereocenters. The molecule has 104 valence electrons. The molecule has 2 unspecified atom stereocenters. The zero-order chi connectivity index (χ0) is 13.8. The van der Waals surface area contributed by atoms with Crippen LogP contribution in [0, 0.1) is 0 Å². The van der Waals surface area contributed by atoms with Gasteiger partial charge in [-0.1, -0.05) is 43.1 Å². The van der Waals surface area contributed by atoms with E-state index < -0.39 is 12.0 Å². The molecule has 0 saturated carbocycles. The lowest BCUT2D eigenvalue weighted by Gasteiger charge is -2.39. The summed E-state index contributed by atoms with van der Waals surface area (Å²) in [6, 6.07) is 6.98. The molecule has 1 N–H and O–H groups in total. The molecule has 1 aliphatic heterocycles. The van der Waals surface area contributed by atoms with Gasteiger partial charge in [-0.2, -0.15) is 0 Å². The van der Waals surface area contributed by atoms with Crippen LogP contribution in [-0.2, 0) is 4.79 Å². The van der Waals surface area contributed by atoms with Gasteiger partial charge in [0.1, 0.15) is 6.04 Å². The maximum Gasteiger partial charge on any atom is 0.325 e. The number of aliphatic carboxylic acids is 1. The summed E-state index contributed by atoms with van der Waals surface area (Å²) in [4.78, 5) is 13.8. The number of carboxylic acids is 1. The molecule has 1 aliphatic rings. The van der Waals surface area contributed by atoms with Gasteiger partial charge in [0.25, 0.3) is 0 Å². The Balaban J connectivity index is 2.34. The lowest BCUT2D eigenvalue weighted by molar-refractivity contribution is -0.145. The molecule has 1 aromatic carbocycles. The molecule has 0 aliphatic carbocycles. The number of likely N-dealkylation sites (tertiary alicyclic amines) is 1. The second kappa shape index (κ2) is 6.40. The number of carboxylic acid groups (broad SMARTS) is 1. The Morgan fingerprint density at radius 3 is 2.84 bits per heavy atom. The molecule has 0 radical (unpaired) electrons. The third kappa shape index (κ3) is 3.10. The highest BCUT2D eigenvalue weighted by Gasteiger charge is 2.34. The molecule has 1 heterocycles. The summed E-state index contributed by atoms with van der Waals surface area (Å²) in [5.74, 6) is -0.812. The molecule has 0 spiro atoms. The molecular formula is C15H20ClNO2. The van der Waals surface area contributed by atoms with Crippen LogP contribution in [0.4, 0.5) is 0 Å². The lowest BCUT2D eigenvalue weighted by Crippen LogP contribution is -2.44. The van der Waals surface area contributed by atoms with Crippen molar-refractivity contribution in [1.82, 2.24) is 4.90 Å². The number of hydrogen-bond acceptors (Lipinski definition) is 2. The van der Waals surface area contributed by atoms with Gasteiger partial charge in [-0.25, -0.2) is 0 Å². The highest BCUT2D eigenvalue weighted by Crippen LogP contribution is 2.33. The van der Waals surface area contributed by atoms with E-state index in [1.165, 1.54) is 6.42 Å². The van der Waals surface area contributed by atoms with Gasteiger partial charge in [0.15, 0.2) is 0 Å². The Hall–Kier alpha value is -1.06. The van der Waals surface area contributed by atoms with E-state index >= 15 is 0 Å². The van der Waals surface area contributed by atoms with Crippen molar-refractivity contribution in [1.29, 1.82) is 0 Å². The Labute approximate surface area is 119 Å². The Bertz CT molecular complexity index is 450. The highest BCUT2D eigenvalue weighted by molar-refractivity contribution is 6.31. The van der Waals surface area contributed by atoms with Crippen LogP contribution < -0.4 is 0 Å². The first-order valence-electron chi connectivity index (χ1n) is 6.88. The normalized spacial score (nSPS) is 22.1. The molecular weight excluding hydrogens is 262 g/mol. The third-order valence-electron chi connectivity index (χ3n) is 3.91. The minimum absolute atomic E-state index is 0.339. The van der Waals surface area contributed by atoms with Crippen LogP contribution in [-0.4, -0.2) is 28.6 Å². The van der Waals surface area contributed by atoms with E-state index in [9.17, 15) is 9.90 Å². The summed E-state index contributed by atoms with van der Waals surface area (Å²) in [5.41, 5.74) is 0.706. The van der Waals surface area contributed by atoms with Crippen LogP contribution in [0.5, 0.6) is 0 Å². The average Bonchev–Trinajstić information content (AvgIpc) is 2.41. The van der Waals surface area contributed by atoms with Crippen LogP contribution >= 0.6 is 11.6 Å². The lowest BCUT2D eigenvalue weighted by atomic mass is 9.95. The van der Waals surface area contributed by atoms with Crippen LogP contribution in [0.1, 0.15) is 44.2 Å². The Morgan fingerprint density at radius 1 is 1.47 bits per heavy atom. The minimum Gasteiger partial charge on any atom is -0.480 e. The maximum atomic E-state index is 11.7. The van der Waals surface area contributed by atoms with E-state index in [0.29, 0.717) is 16.6 Å². The predicted octanol–water partition coefficient (Wildman–Crippen LogP) is 3.73. The first-order valence-corrected chi connectivity index (χ1v) is 7.26. The highest BCUT2D eigenvalue weighted by atomic mass is 35.5. The Morgan fingerprint density at radius 2 is 2.21 bits per heavy atom. The summed E-state index contributed by atoms with van der Waals surface area (Å²) in [5, 5.41) is 10.2. The third-order valence-corrected chi connectivity index (χ3v) is 4.25.